The molecule has 0 spiro atoms. The quantitative estimate of drug-likeness (QED) is 0.535. The summed E-state index contributed by atoms with van der Waals surface area (Å²) in [6.45, 7) is 7.90. The highest BCUT2D eigenvalue weighted by molar-refractivity contribution is 6.31. The Morgan fingerprint density at radius 2 is 1.84 bits per heavy atom. The Morgan fingerprint density at radius 3 is 2.52 bits per heavy atom. The molecule has 4 rings (SSSR count). The largest absolute Gasteiger partial charge is 0.322 e. The molecule has 7 heteroatoms. The van der Waals surface area contributed by atoms with E-state index in [1.54, 1.807) is 6.20 Å². The lowest BCUT2D eigenvalue weighted by atomic mass is 9.91. The van der Waals surface area contributed by atoms with Crippen LogP contribution in [0.2, 0.25) is 5.02 Å². The molecule has 0 bridgehead atoms. The van der Waals surface area contributed by atoms with E-state index >= 15 is 0 Å². The van der Waals surface area contributed by atoms with Gasteiger partial charge in [0, 0.05) is 16.6 Å². The molecule has 2 N–H and O–H groups in total. The lowest BCUT2D eigenvalue weighted by Gasteiger charge is -2.25. The van der Waals surface area contributed by atoms with Crippen molar-refractivity contribution < 1.29 is 4.79 Å². The van der Waals surface area contributed by atoms with Gasteiger partial charge in [0.25, 0.3) is 5.91 Å². The van der Waals surface area contributed by atoms with Gasteiger partial charge in [0.1, 0.15) is 0 Å². The first-order valence-electron chi connectivity index (χ1n) is 10.4. The van der Waals surface area contributed by atoms with Crippen LogP contribution >= 0.6 is 24.0 Å². The van der Waals surface area contributed by atoms with Crippen molar-refractivity contribution in [2.45, 2.75) is 39.5 Å². The van der Waals surface area contributed by atoms with Crippen molar-refractivity contribution in [2.24, 2.45) is 0 Å². The summed E-state index contributed by atoms with van der Waals surface area (Å²) in [6, 6.07) is 11.9. The second kappa shape index (κ2) is 9.86. The molecular formula is C24H28Cl2N4O. The highest BCUT2D eigenvalue weighted by Gasteiger charge is 2.27. The minimum Gasteiger partial charge on any atom is -0.322 e. The normalized spacial score (nSPS) is 14.2. The number of carbonyl (C=O) groups excluding carboxylic acids is 1. The Morgan fingerprint density at radius 1 is 1.10 bits per heavy atom. The molecule has 3 aromatic rings. The average Bonchev–Trinajstić information content (AvgIpc) is 3.18. The van der Waals surface area contributed by atoms with Crippen molar-refractivity contribution in [3.63, 3.8) is 0 Å². The number of aromatic nitrogens is 2. The summed E-state index contributed by atoms with van der Waals surface area (Å²) in [5, 5.41) is 11.8. The molecule has 0 atom stereocenters. The maximum absolute atomic E-state index is 13.3. The van der Waals surface area contributed by atoms with E-state index in [4.69, 9.17) is 11.6 Å². The summed E-state index contributed by atoms with van der Waals surface area (Å²) in [6.07, 6.45) is 3.62. The Balaban J connectivity index is 0.00000272. The summed E-state index contributed by atoms with van der Waals surface area (Å²) < 4.78 is 1.89. The van der Waals surface area contributed by atoms with Gasteiger partial charge in [-0.1, -0.05) is 35.4 Å². The number of rotatable bonds is 4. The molecule has 5 nitrogen and oxygen atoms in total. The zero-order valence-corrected chi connectivity index (χ0v) is 19.6. The third-order valence-electron chi connectivity index (χ3n) is 5.81. The van der Waals surface area contributed by atoms with Gasteiger partial charge in [-0.15, -0.1) is 12.4 Å². The van der Waals surface area contributed by atoms with Crippen LogP contribution in [0.3, 0.4) is 0 Å². The predicted octanol–water partition coefficient (Wildman–Crippen LogP) is 5.59. The first-order chi connectivity index (χ1) is 14.4. The number of nitrogens with zero attached hydrogens (tertiary/aromatic N) is 2. The van der Waals surface area contributed by atoms with Crippen molar-refractivity contribution in [2.75, 3.05) is 18.4 Å². The van der Waals surface area contributed by atoms with E-state index in [-0.39, 0.29) is 24.2 Å². The van der Waals surface area contributed by atoms with Gasteiger partial charge in [-0.25, -0.2) is 4.68 Å². The summed E-state index contributed by atoms with van der Waals surface area (Å²) >= 11 is 6.38. The van der Waals surface area contributed by atoms with Crippen LogP contribution in [-0.2, 0) is 0 Å². The zero-order chi connectivity index (χ0) is 21.3. The second-order valence-corrected chi connectivity index (χ2v) is 8.49. The topological polar surface area (TPSA) is 59.0 Å². The van der Waals surface area contributed by atoms with Gasteiger partial charge in [-0.2, -0.15) is 5.10 Å². The molecule has 0 aliphatic carbocycles. The van der Waals surface area contributed by atoms with Crippen LogP contribution in [-0.4, -0.2) is 28.8 Å². The minimum absolute atomic E-state index is 0. The van der Waals surface area contributed by atoms with Gasteiger partial charge >= 0.3 is 0 Å². The molecule has 1 aromatic heterocycles. The number of anilines is 1. The van der Waals surface area contributed by atoms with Gasteiger partial charge in [-0.05, 0) is 76.0 Å². The van der Waals surface area contributed by atoms with Crippen molar-refractivity contribution in [3.8, 4) is 5.69 Å². The molecule has 2 aromatic carbocycles. The van der Waals surface area contributed by atoms with Crippen molar-refractivity contribution in [1.29, 1.82) is 0 Å². The zero-order valence-electron chi connectivity index (χ0n) is 18.0. The highest BCUT2D eigenvalue weighted by atomic mass is 35.5. The summed E-state index contributed by atoms with van der Waals surface area (Å²) in [5.41, 5.74) is 6.52. The molecule has 0 saturated carbocycles. The first kappa shape index (κ1) is 23.3. The SMILES string of the molecule is Cc1ccc(NC(=O)c2cnn(-c3ccc(C)c(Cl)c3)c2C2CCNCC2)c(C)c1.Cl. The van der Waals surface area contributed by atoms with Crippen LogP contribution < -0.4 is 10.6 Å². The number of carbonyl (C=O) groups is 1. The standard InChI is InChI=1S/C24H27ClN4O.ClH/c1-15-4-7-22(17(3)12-15)28-24(30)20-14-27-29(19-6-5-16(2)21(25)13-19)23(20)18-8-10-26-11-9-18;/h4-7,12-14,18,26H,8-11H2,1-3H3,(H,28,30);1H. The molecule has 1 aliphatic heterocycles. The van der Waals surface area contributed by atoms with E-state index in [0.29, 0.717) is 10.6 Å². The smallest absolute Gasteiger partial charge is 0.259 e. The number of halogens is 2. The van der Waals surface area contributed by atoms with Gasteiger partial charge in [-0.3, -0.25) is 4.79 Å². The van der Waals surface area contributed by atoms with Gasteiger partial charge in [0.05, 0.1) is 23.1 Å². The Kier molecular flexibility index (Phi) is 7.42. The monoisotopic (exact) mass is 458 g/mol. The third kappa shape index (κ3) is 4.95. The molecule has 0 radical (unpaired) electrons. The predicted molar refractivity (Wildman–Crippen MR) is 129 cm³/mol. The van der Waals surface area contributed by atoms with Crippen LogP contribution in [0, 0.1) is 20.8 Å². The number of hydrogen-bond acceptors (Lipinski definition) is 3. The van der Waals surface area contributed by atoms with Gasteiger partial charge < -0.3 is 10.6 Å². The fourth-order valence-corrected chi connectivity index (χ4v) is 4.26. The van der Waals surface area contributed by atoms with Crippen LogP contribution in [0.15, 0.2) is 42.6 Å². The fraction of sp³-hybridized carbons (Fsp3) is 0.333. The van der Waals surface area contributed by atoms with Crippen molar-refractivity contribution in [3.05, 3.63) is 75.6 Å². The Bertz CT molecular complexity index is 1090. The maximum atomic E-state index is 13.3. The van der Waals surface area contributed by atoms with Crippen LogP contribution in [0.4, 0.5) is 5.69 Å². The molecule has 1 aliphatic rings. The highest BCUT2D eigenvalue weighted by Crippen LogP contribution is 2.32. The Labute approximate surface area is 194 Å². The van der Waals surface area contributed by atoms with E-state index in [2.05, 4.69) is 21.8 Å². The minimum atomic E-state index is -0.125. The van der Waals surface area contributed by atoms with Crippen molar-refractivity contribution >= 4 is 35.6 Å². The summed E-state index contributed by atoms with van der Waals surface area (Å²) in [5.74, 6) is 0.133. The van der Waals surface area contributed by atoms with E-state index in [0.717, 1.165) is 54.1 Å². The van der Waals surface area contributed by atoms with Crippen LogP contribution in [0.5, 0.6) is 0 Å². The van der Waals surface area contributed by atoms with E-state index < -0.39 is 0 Å². The number of hydrogen-bond donors (Lipinski definition) is 2. The number of aryl methyl sites for hydroxylation is 3. The first-order valence-corrected chi connectivity index (χ1v) is 10.8. The molecule has 1 amide bonds. The number of benzene rings is 2. The van der Waals surface area contributed by atoms with E-state index in [1.165, 1.54) is 5.56 Å². The van der Waals surface area contributed by atoms with Crippen LogP contribution in [0.1, 0.15) is 51.5 Å². The second-order valence-electron chi connectivity index (χ2n) is 8.09. The van der Waals surface area contributed by atoms with E-state index in [9.17, 15) is 4.79 Å². The lowest BCUT2D eigenvalue weighted by Crippen LogP contribution is -2.29. The summed E-state index contributed by atoms with van der Waals surface area (Å²) in [4.78, 5) is 13.3. The number of amides is 1. The van der Waals surface area contributed by atoms with E-state index in [1.807, 2.05) is 55.8 Å². The molecule has 1 fully saturated rings. The fourth-order valence-electron chi connectivity index (χ4n) is 4.08. The summed E-state index contributed by atoms with van der Waals surface area (Å²) in [7, 11) is 0. The number of piperidine rings is 1. The molecule has 164 valence electrons. The molecule has 31 heavy (non-hydrogen) atoms. The van der Waals surface area contributed by atoms with Gasteiger partial charge in [0.2, 0.25) is 0 Å². The number of nitrogens with one attached hydrogen (secondary N) is 2. The molecular weight excluding hydrogens is 431 g/mol. The third-order valence-corrected chi connectivity index (χ3v) is 6.21. The Hall–Kier alpha value is -2.34. The molecule has 1 saturated heterocycles. The van der Waals surface area contributed by atoms with Crippen molar-refractivity contribution in [1.82, 2.24) is 15.1 Å². The molecule has 2 heterocycles. The molecule has 0 unspecified atom stereocenters. The van der Waals surface area contributed by atoms with Crippen LogP contribution in [0.25, 0.3) is 5.69 Å². The lowest BCUT2D eigenvalue weighted by molar-refractivity contribution is 0.102. The maximum Gasteiger partial charge on any atom is 0.259 e. The van der Waals surface area contributed by atoms with Gasteiger partial charge in [0.15, 0.2) is 0 Å². The average molecular weight is 459 g/mol.